The van der Waals surface area contributed by atoms with Crippen LogP contribution in [0.25, 0.3) is 0 Å². The van der Waals surface area contributed by atoms with E-state index in [4.69, 9.17) is 0 Å². The Morgan fingerprint density at radius 1 is 1.14 bits per heavy atom. The number of amides is 1. The van der Waals surface area contributed by atoms with E-state index >= 15 is 0 Å². The zero-order chi connectivity index (χ0) is 9.54. The van der Waals surface area contributed by atoms with Crippen molar-refractivity contribution in [2.75, 3.05) is 26.2 Å². The summed E-state index contributed by atoms with van der Waals surface area (Å²) in [5.41, 5.74) is 0. The molecule has 0 aromatic heterocycles. The molecule has 14 heavy (non-hydrogen) atoms. The van der Waals surface area contributed by atoms with E-state index in [0.717, 1.165) is 44.4 Å². The quantitative estimate of drug-likeness (QED) is 0.526. The van der Waals surface area contributed by atoms with E-state index in [1.807, 2.05) is 0 Å². The molecule has 0 bridgehead atoms. The van der Waals surface area contributed by atoms with Crippen molar-refractivity contribution >= 4 is 5.91 Å². The van der Waals surface area contributed by atoms with Gasteiger partial charge in [0.15, 0.2) is 0 Å². The summed E-state index contributed by atoms with van der Waals surface area (Å²) < 4.78 is 0. The summed E-state index contributed by atoms with van der Waals surface area (Å²) >= 11 is 0. The van der Waals surface area contributed by atoms with E-state index in [2.05, 4.69) is 16.0 Å². The highest BCUT2D eigenvalue weighted by molar-refractivity contribution is 5.80. The number of hydrogen-bond donors (Lipinski definition) is 3. The minimum Gasteiger partial charge on any atom is -0.352 e. The highest BCUT2D eigenvalue weighted by atomic mass is 16.2. The fourth-order valence-corrected chi connectivity index (χ4v) is 2.79. The summed E-state index contributed by atoms with van der Waals surface area (Å²) in [4.78, 5) is 11.8. The van der Waals surface area contributed by atoms with E-state index in [-0.39, 0.29) is 11.8 Å². The molecule has 3 atom stereocenters. The summed E-state index contributed by atoms with van der Waals surface area (Å²) in [5, 5.41) is 9.73. The molecule has 0 aromatic rings. The molecule has 2 heterocycles. The van der Waals surface area contributed by atoms with Gasteiger partial charge in [0.2, 0.25) is 5.91 Å². The molecule has 1 amide bonds. The van der Waals surface area contributed by atoms with Crippen LogP contribution in [0.2, 0.25) is 0 Å². The van der Waals surface area contributed by atoms with Crippen LogP contribution in [-0.4, -0.2) is 38.1 Å². The van der Waals surface area contributed by atoms with Gasteiger partial charge in [0, 0.05) is 25.7 Å². The highest BCUT2D eigenvalue weighted by Gasteiger charge is 2.53. The first kappa shape index (κ1) is 8.68. The van der Waals surface area contributed by atoms with Gasteiger partial charge in [-0.2, -0.15) is 0 Å². The second-order valence-electron chi connectivity index (χ2n) is 4.71. The van der Waals surface area contributed by atoms with Gasteiger partial charge >= 0.3 is 0 Å². The first-order valence-corrected chi connectivity index (χ1v) is 5.58. The van der Waals surface area contributed by atoms with Gasteiger partial charge in [-0.15, -0.1) is 0 Å². The maximum absolute atomic E-state index is 11.8. The lowest BCUT2D eigenvalue weighted by molar-refractivity contribution is -0.124. The van der Waals surface area contributed by atoms with Crippen LogP contribution in [0.1, 0.15) is 6.42 Å². The average molecular weight is 195 g/mol. The van der Waals surface area contributed by atoms with Crippen LogP contribution >= 0.6 is 0 Å². The predicted octanol–water partition coefficient (Wildman–Crippen LogP) is -1.07. The molecule has 0 radical (unpaired) electrons. The minimum absolute atomic E-state index is 0.226. The number of nitrogens with one attached hydrogen (secondary N) is 3. The normalized spacial score (nSPS) is 44.9. The first-order valence-electron chi connectivity index (χ1n) is 5.58. The summed E-state index contributed by atoms with van der Waals surface area (Å²) in [6.45, 7) is 4.06. The van der Waals surface area contributed by atoms with Crippen LogP contribution in [-0.2, 0) is 4.79 Å². The van der Waals surface area contributed by atoms with E-state index in [1.165, 1.54) is 0 Å². The zero-order valence-corrected chi connectivity index (χ0v) is 8.25. The van der Waals surface area contributed by atoms with Crippen LogP contribution in [0.5, 0.6) is 0 Å². The molecule has 3 fully saturated rings. The Balaban J connectivity index is 1.50. The third-order valence-corrected chi connectivity index (χ3v) is 3.83. The van der Waals surface area contributed by atoms with E-state index < -0.39 is 0 Å². The zero-order valence-electron chi connectivity index (χ0n) is 8.25. The standard InChI is InChI=1S/C10H17N3O/c14-10(6-1-2-11-3-6)13-9-7-4-12-5-8(7)9/h6-9,11-12H,1-5H2,(H,13,14)/t6-,7?,8?,9?/m0/s1. The third-order valence-electron chi connectivity index (χ3n) is 3.83. The van der Waals surface area contributed by atoms with Gasteiger partial charge in [-0.25, -0.2) is 0 Å². The first-order chi connectivity index (χ1) is 6.86. The van der Waals surface area contributed by atoms with E-state index in [0.29, 0.717) is 6.04 Å². The lowest BCUT2D eigenvalue weighted by Crippen LogP contribution is -2.37. The van der Waals surface area contributed by atoms with E-state index in [1.54, 1.807) is 0 Å². The predicted molar refractivity (Wildman–Crippen MR) is 52.8 cm³/mol. The molecule has 78 valence electrons. The van der Waals surface area contributed by atoms with Crippen molar-refractivity contribution in [3.63, 3.8) is 0 Å². The van der Waals surface area contributed by atoms with Crippen molar-refractivity contribution in [2.24, 2.45) is 17.8 Å². The molecular weight excluding hydrogens is 178 g/mol. The number of fused-ring (bicyclic) bond motifs is 1. The molecule has 0 aromatic carbocycles. The van der Waals surface area contributed by atoms with Crippen LogP contribution in [0, 0.1) is 17.8 Å². The van der Waals surface area contributed by atoms with E-state index in [9.17, 15) is 4.79 Å². The molecule has 4 nitrogen and oxygen atoms in total. The van der Waals surface area contributed by atoms with Crippen molar-refractivity contribution in [3.05, 3.63) is 0 Å². The molecule has 2 aliphatic heterocycles. The maximum atomic E-state index is 11.8. The van der Waals surface area contributed by atoms with Gasteiger partial charge in [0.1, 0.15) is 0 Å². The van der Waals surface area contributed by atoms with Crippen molar-refractivity contribution in [1.82, 2.24) is 16.0 Å². The van der Waals surface area contributed by atoms with Crippen LogP contribution in [0.3, 0.4) is 0 Å². The Labute approximate surface area is 83.8 Å². The summed E-state index contributed by atoms with van der Waals surface area (Å²) in [7, 11) is 0. The number of piperidine rings is 1. The topological polar surface area (TPSA) is 53.2 Å². The van der Waals surface area contributed by atoms with Crippen molar-refractivity contribution in [2.45, 2.75) is 12.5 Å². The SMILES string of the molecule is O=C(NC1C2CNCC21)[C@H]1CCNC1. The van der Waals surface area contributed by atoms with Gasteiger partial charge in [-0.1, -0.05) is 0 Å². The highest BCUT2D eigenvalue weighted by Crippen LogP contribution is 2.41. The van der Waals surface area contributed by atoms with Crippen molar-refractivity contribution in [1.29, 1.82) is 0 Å². The fourth-order valence-electron chi connectivity index (χ4n) is 2.79. The Bertz CT molecular complexity index is 240. The molecular formula is C10H17N3O. The number of rotatable bonds is 2. The maximum Gasteiger partial charge on any atom is 0.224 e. The molecule has 2 saturated heterocycles. The summed E-state index contributed by atoms with van der Waals surface area (Å²) in [5.74, 6) is 1.96. The van der Waals surface area contributed by atoms with Gasteiger partial charge < -0.3 is 16.0 Å². The lowest BCUT2D eigenvalue weighted by Gasteiger charge is -2.11. The molecule has 1 saturated carbocycles. The second-order valence-corrected chi connectivity index (χ2v) is 4.71. The Morgan fingerprint density at radius 3 is 2.57 bits per heavy atom. The van der Waals surface area contributed by atoms with Gasteiger partial charge in [-0.3, -0.25) is 4.79 Å². The molecule has 1 aliphatic carbocycles. The third kappa shape index (κ3) is 1.33. The molecule has 3 N–H and O–H groups in total. The Hall–Kier alpha value is -0.610. The monoisotopic (exact) mass is 195 g/mol. The van der Waals surface area contributed by atoms with Crippen LogP contribution < -0.4 is 16.0 Å². The van der Waals surface area contributed by atoms with Crippen LogP contribution in [0.15, 0.2) is 0 Å². The Kier molecular flexibility index (Phi) is 1.99. The Morgan fingerprint density at radius 2 is 1.93 bits per heavy atom. The van der Waals surface area contributed by atoms with Crippen molar-refractivity contribution < 1.29 is 4.79 Å². The number of carbonyl (C=O) groups excluding carboxylic acids is 1. The molecule has 2 unspecified atom stereocenters. The molecule has 0 spiro atoms. The fraction of sp³-hybridized carbons (Fsp3) is 0.900. The second kappa shape index (κ2) is 3.21. The summed E-state index contributed by atoms with van der Waals surface area (Å²) in [6.07, 6.45) is 1.01. The van der Waals surface area contributed by atoms with Gasteiger partial charge in [0.05, 0.1) is 5.92 Å². The lowest BCUT2D eigenvalue weighted by atomic mass is 10.1. The average Bonchev–Trinajstić information content (AvgIpc) is 2.75. The molecule has 4 heteroatoms. The number of hydrogen-bond acceptors (Lipinski definition) is 3. The smallest absolute Gasteiger partial charge is 0.224 e. The summed E-state index contributed by atoms with van der Waals surface area (Å²) in [6, 6.07) is 0.490. The van der Waals surface area contributed by atoms with Crippen molar-refractivity contribution in [3.8, 4) is 0 Å². The van der Waals surface area contributed by atoms with Gasteiger partial charge in [-0.05, 0) is 24.8 Å². The van der Waals surface area contributed by atoms with Crippen LogP contribution in [0.4, 0.5) is 0 Å². The molecule has 3 aliphatic rings. The minimum atomic E-state index is 0.226. The number of carbonyl (C=O) groups is 1. The molecule has 3 rings (SSSR count). The largest absolute Gasteiger partial charge is 0.352 e. The van der Waals surface area contributed by atoms with Gasteiger partial charge in [0.25, 0.3) is 0 Å².